The van der Waals surface area contributed by atoms with E-state index < -0.39 is 0 Å². The molecule has 1 saturated heterocycles. The Kier molecular flexibility index (Phi) is 3.99. The third-order valence-electron chi connectivity index (χ3n) is 4.89. The van der Waals surface area contributed by atoms with Gasteiger partial charge in [-0.05, 0) is 43.4 Å². The number of hydrogen-bond donors (Lipinski definition) is 2. The number of aromatic amines is 1. The lowest BCUT2D eigenvalue weighted by Gasteiger charge is -2.16. The van der Waals surface area contributed by atoms with Gasteiger partial charge in [-0.25, -0.2) is 9.50 Å². The number of aryl methyl sites for hydroxylation is 1. The highest BCUT2D eigenvalue weighted by Gasteiger charge is 2.29. The lowest BCUT2D eigenvalue weighted by atomic mass is 9.99. The van der Waals surface area contributed by atoms with E-state index in [-0.39, 0.29) is 22.8 Å². The molecular weight excluding hydrogens is 332 g/mol. The van der Waals surface area contributed by atoms with Gasteiger partial charge in [0.05, 0.1) is 0 Å². The largest absolute Gasteiger partial charge is 0.508 e. The molecule has 1 unspecified atom stereocenters. The quantitative estimate of drug-likeness (QED) is 0.751. The van der Waals surface area contributed by atoms with Gasteiger partial charge >= 0.3 is 0 Å². The highest BCUT2D eigenvalue weighted by molar-refractivity contribution is 5.94. The van der Waals surface area contributed by atoms with Gasteiger partial charge in [0.25, 0.3) is 11.5 Å². The fourth-order valence-corrected chi connectivity index (χ4v) is 3.55. The van der Waals surface area contributed by atoms with Crippen molar-refractivity contribution in [2.45, 2.75) is 19.8 Å². The molecule has 134 valence electrons. The highest BCUT2D eigenvalue weighted by atomic mass is 16.3. The zero-order chi connectivity index (χ0) is 18.3. The van der Waals surface area contributed by atoms with Gasteiger partial charge in [-0.1, -0.05) is 12.1 Å². The fraction of sp³-hybridized carbons (Fsp3) is 0.316. The van der Waals surface area contributed by atoms with Gasteiger partial charge < -0.3 is 10.0 Å². The number of H-pyrrole nitrogens is 1. The maximum absolute atomic E-state index is 12.8. The van der Waals surface area contributed by atoms with Crippen molar-refractivity contribution in [2.75, 3.05) is 13.1 Å². The Morgan fingerprint density at radius 3 is 2.88 bits per heavy atom. The monoisotopic (exact) mass is 352 g/mol. The zero-order valence-corrected chi connectivity index (χ0v) is 14.5. The van der Waals surface area contributed by atoms with Crippen molar-refractivity contribution in [1.29, 1.82) is 0 Å². The third-order valence-corrected chi connectivity index (χ3v) is 4.89. The number of phenols is 1. The number of hydrogen-bond acceptors (Lipinski definition) is 4. The van der Waals surface area contributed by atoms with E-state index in [4.69, 9.17) is 0 Å². The fourth-order valence-electron chi connectivity index (χ4n) is 3.55. The number of nitrogens with zero attached hydrogens (tertiary/aromatic N) is 3. The van der Waals surface area contributed by atoms with E-state index >= 15 is 0 Å². The SMILES string of the molecule is Cc1cc2ncc(C(=O)N3CCC(Cc4ccc(O)cc4)C3)c(=O)n2[nH]1. The van der Waals surface area contributed by atoms with Crippen LogP contribution in [0.3, 0.4) is 0 Å². The van der Waals surface area contributed by atoms with Gasteiger partial charge in [0.2, 0.25) is 0 Å². The van der Waals surface area contributed by atoms with Crippen LogP contribution in [0, 0.1) is 12.8 Å². The number of likely N-dealkylation sites (tertiary alicyclic amines) is 1. The van der Waals surface area contributed by atoms with Gasteiger partial charge in [0, 0.05) is 31.0 Å². The second-order valence-electron chi connectivity index (χ2n) is 6.89. The van der Waals surface area contributed by atoms with Gasteiger partial charge in [0.1, 0.15) is 11.3 Å². The smallest absolute Gasteiger partial charge is 0.285 e. The summed E-state index contributed by atoms with van der Waals surface area (Å²) in [5.41, 5.74) is 2.18. The molecule has 0 bridgehead atoms. The molecule has 0 aliphatic carbocycles. The number of carbonyl (C=O) groups excluding carboxylic acids is 1. The molecule has 1 aliphatic heterocycles. The Hall–Kier alpha value is -3.09. The average molecular weight is 352 g/mol. The van der Waals surface area contributed by atoms with E-state index in [9.17, 15) is 14.7 Å². The minimum atomic E-state index is -0.366. The molecule has 1 aromatic carbocycles. The van der Waals surface area contributed by atoms with Crippen LogP contribution in [0.4, 0.5) is 0 Å². The Morgan fingerprint density at radius 1 is 1.35 bits per heavy atom. The summed E-state index contributed by atoms with van der Waals surface area (Å²) >= 11 is 0. The van der Waals surface area contributed by atoms with Gasteiger partial charge in [0.15, 0.2) is 5.65 Å². The van der Waals surface area contributed by atoms with E-state index in [0.717, 1.165) is 24.1 Å². The average Bonchev–Trinajstić information content (AvgIpc) is 3.23. The normalized spacial score (nSPS) is 17.1. The van der Waals surface area contributed by atoms with Crippen molar-refractivity contribution in [3.05, 3.63) is 63.7 Å². The molecule has 26 heavy (non-hydrogen) atoms. The van der Waals surface area contributed by atoms with E-state index in [2.05, 4.69) is 10.1 Å². The summed E-state index contributed by atoms with van der Waals surface area (Å²) in [7, 11) is 0. The molecule has 1 fully saturated rings. The summed E-state index contributed by atoms with van der Waals surface area (Å²) in [6.07, 6.45) is 3.11. The Balaban J connectivity index is 1.50. The van der Waals surface area contributed by atoms with Gasteiger partial charge in [-0.3, -0.25) is 14.7 Å². The maximum atomic E-state index is 12.8. The van der Waals surface area contributed by atoms with Crippen molar-refractivity contribution in [2.24, 2.45) is 5.92 Å². The summed E-state index contributed by atoms with van der Waals surface area (Å²) in [6, 6.07) is 8.91. The summed E-state index contributed by atoms with van der Waals surface area (Å²) in [5, 5.41) is 12.3. The molecule has 7 heteroatoms. The molecule has 0 spiro atoms. The number of phenolic OH excluding ortho intramolecular Hbond substituents is 1. The molecule has 3 heterocycles. The molecule has 3 aromatic rings. The summed E-state index contributed by atoms with van der Waals surface area (Å²) < 4.78 is 1.31. The molecule has 7 nitrogen and oxygen atoms in total. The van der Waals surface area contributed by atoms with Crippen LogP contribution < -0.4 is 5.56 Å². The third kappa shape index (κ3) is 2.96. The molecule has 1 amide bonds. The first kappa shape index (κ1) is 16.4. The maximum Gasteiger partial charge on any atom is 0.285 e. The van der Waals surface area contributed by atoms with Crippen LogP contribution in [0.15, 0.2) is 41.3 Å². The number of aromatic hydroxyl groups is 1. The lowest BCUT2D eigenvalue weighted by molar-refractivity contribution is 0.0784. The minimum absolute atomic E-state index is 0.0923. The van der Waals surface area contributed by atoms with Crippen molar-refractivity contribution < 1.29 is 9.90 Å². The first-order valence-electron chi connectivity index (χ1n) is 8.66. The first-order chi connectivity index (χ1) is 12.5. The van der Waals surface area contributed by atoms with Crippen LogP contribution in [0.1, 0.15) is 28.0 Å². The number of benzene rings is 1. The molecule has 1 aliphatic rings. The number of amides is 1. The zero-order valence-electron chi connectivity index (χ0n) is 14.5. The van der Waals surface area contributed by atoms with E-state index in [0.29, 0.717) is 24.7 Å². The molecule has 0 saturated carbocycles. The number of rotatable bonds is 3. The van der Waals surface area contributed by atoms with Gasteiger partial charge in [-0.2, -0.15) is 0 Å². The molecule has 4 rings (SSSR count). The topological polar surface area (TPSA) is 90.7 Å². The van der Waals surface area contributed by atoms with Crippen LogP contribution in [0.2, 0.25) is 0 Å². The van der Waals surface area contributed by atoms with Crippen molar-refractivity contribution >= 4 is 11.6 Å². The molecule has 2 aromatic heterocycles. The first-order valence-corrected chi connectivity index (χ1v) is 8.66. The predicted octanol–water partition coefficient (Wildman–Crippen LogP) is 1.74. The molecular formula is C19H20N4O3. The number of nitrogens with one attached hydrogen (secondary N) is 1. The minimum Gasteiger partial charge on any atom is -0.508 e. The number of fused-ring (bicyclic) bond motifs is 1. The van der Waals surface area contributed by atoms with Gasteiger partial charge in [-0.15, -0.1) is 0 Å². The van der Waals surface area contributed by atoms with Crippen molar-refractivity contribution in [1.82, 2.24) is 19.5 Å². The number of aromatic nitrogens is 3. The molecule has 2 N–H and O–H groups in total. The van der Waals surface area contributed by atoms with Crippen LogP contribution >= 0.6 is 0 Å². The van der Waals surface area contributed by atoms with Crippen molar-refractivity contribution in [3.63, 3.8) is 0 Å². The lowest BCUT2D eigenvalue weighted by Crippen LogP contribution is -2.34. The second-order valence-corrected chi connectivity index (χ2v) is 6.89. The molecule has 0 radical (unpaired) electrons. The van der Waals surface area contributed by atoms with Crippen LogP contribution in [-0.2, 0) is 6.42 Å². The Morgan fingerprint density at radius 2 is 2.12 bits per heavy atom. The van der Waals surface area contributed by atoms with Crippen LogP contribution in [0.25, 0.3) is 5.65 Å². The predicted molar refractivity (Wildman–Crippen MR) is 96.4 cm³/mol. The second kappa shape index (κ2) is 6.33. The number of carbonyl (C=O) groups is 1. The van der Waals surface area contributed by atoms with E-state index in [1.807, 2.05) is 19.1 Å². The highest BCUT2D eigenvalue weighted by Crippen LogP contribution is 2.23. The van der Waals surface area contributed by atoms with Crippen LogP contribution in [-0.4, -0.2) is 43.6 Å². The Bertz CT molecular complexity index is 1020. The summed E-state index contributed by atoms with van der Waals surface area (Å²) in [4.78, 5) is 31.3. The van der Waals surface area contributed by atoms with E-state index in [1.54, 1.807) is 23.1 Å². The van der Waals surface area contributed by atoms with Crippen molar-refractivity contribution in [3.8, 4) is 5.75 Å². The summed E-state index contributed by atoms with van der Waals surface area (Å²) in [5.74, 6) is 0.327. The van der Waals surface area contributed by atoms with Crippen LogP contribution in [0.5, 0.6) is 5.75 Å². The summed E-state index contributed by atoms with van der Waals surface area (Å²) in [6.45, 7) is 3.09. The standard InChI is InChI=1S/C19H20N4O3/c1-12-8-17-20-10-16(19(26)23(17)21-12)18(25)22-7-6-14(11-22)9-13-2-4-15(24)5-3-13/h2-5,8,10,14,21,24H,6-7,9,11H2,1H3. The molecule has 1 atom stereocenters. The Labute approximate surface area is 149 Å². The van der Waals surface area contributed by atoms with E-state index in [1.165, 1.54) is 10.7 Å².